The molecule has 6 rings (SSSR count). The van der Waals surface area contributed by atoms with E-state index in [1.54, 1.807) is 42.3 Å². The molecule has 0 bridgehead atoms. The quantitative estimate of drug-likeness (QED) is 0.131. The zero-order valence-corrected chi connectivity index (χ0v) is 26.7. The maximum atomic E-state index is 12.5. The van der Waals surface area contributed by atoms with Crippen molar-refractivity contribution in [3.8, 4) is 0 Å². The number of ether oxygens (including phenoxy) is 6. The predicted octanol–water partition coefficient (Wildman–Crippen LogP) is 5.76. The second-order valence-electron chi connectivity index (χ2n) is 11.4. The molecule has 48 heavy (non-hydrogen) atoms. The molecule has 0 amide bonds. The number of carbonyl (C=O) groups excluding carboxylic acids is 1. The van der Waals surface area contributed by atoms with E-state index < -0.39 is 36.7 Å². The van der Waals surface area contributed by atoms with Crippen LogP contribution in [0.1, 0.15) is 32.7 Å². The molecule has 248 valence electrons. The number of benzene rings is 4. The number of nitrogens with zero attached hydrogens (tertiary/aromatic N) is 3. The minimum Gasteiger partial charge on any atom is -0.455 e. The van der Waals surface area contributed by atoms with Crippen molar-refractivity contribution in [2.24, 2.45) is 0 Å². The van der Waals surface area contributed by atoms with Crippen LogP contribution in [-0.2, 0) is 61.4 Å². The summed E-state index contributed by atoms with van der Waals surface area (Å²) in [5.41, 5.74) is 4.01. The number of rotatable bonds is 15. The van der Waals surface area contributed by atoms with E-state index in [2.05, 4.69) is 10.3 Å². The maximum Gasteiger partial charge on any atom is 0.338 e. The van der Waals surface area contributed by atoms with Crippen molar-refractivity contribution in [2.75, 3.05) is 7.11 Å². The second-order valence-corrected chi connectivity index (χ2v) is 11.4. The average Bonchev–Trinajstić information content (AvgIpc) is 3.60. The Morgan fingerprint density at radius 3 is 1.71 bits per heavy atom. The van der Waals surface area contributed by atoms with Crippen LogP contribution in [0.15, 0.2) is 128 Å². The Bertz CT molecular complexity index is 1670. The summed E-state index contributed by atoms with van der Waals surface area (Å²) in [5.74, 6) is -0.432. The summed E-state index contributed by atoms with van der Waals surface area (Å²) in [4.78, 5) is 12.5. The van der Waals surface area contributed by atoms with Gasteiger partial charge in [-0.1, -0.05) is 114 Å². The normalized spacial score (nSPS) is 20.7. The van der Waals surface area contributed by atoms with Crippen molar-refractivity contribution < 1.29 is 33.2 Å². The number of esters is 1. The third kappa shape index (κ3) is 9.00. The smallest absolute Gasteiger partial charge is 0.338 e. The van der Waals surface area contributed by atoms with Crippen LogP contribution < -0.4 is 0 Å². The van der Waals surface area contributed by atoms with Crippen LogP contribution in [0.4, 0.5) is 0 Å². The summed E-state index contributed by atoms with van der Waals surface area (Å²) in [6.45, 7) is 1.26. The van der Waals surface area contributed by atoms with Crippen LogP contribution >= 0.6 is 0 Å². The molecular weight excluding hydrogens is 610 g/mol. The molecule has 1 aliphatic rings. The van der Waals surface area contributed by atoms with E-state index >= 15 is 0 Å². The molecule has 0 saturated carbocycles. The third-order valence-electron chi connectivity index (χ3n) is 7.99. The second kappa shape index (κ2) is 16.9. The fraction of sp³-hybridized carbons (Fsp3) is 0.289. The molecule has 0 N–H and O–H groups in total. The van der Waals surface area contributed by atoms with E-state index in [0.717, 1.165) is 16.7 Å². The first-order valence-corrected chi connectivity index (χ1v) is 15.9. The van der Waals surface area contributed by atoms with Gasteiger partial charge in [0.2, 0.25) is 0 Å². The van der Waals surface area contributed by atoms with Gasteiger partial charge in [-0.2, -0.15) is 0 Å². The predicted molar refractivity (Wildman–Crippen MR) is 176 cm³/mol. The van der Waals surface area contributed by atoms with Crippen molar-refractivity contribution in [3.05, 3.63) is 155 Å². The molecule has 1 fully saturated rings. The monoisotopic (exact) mass is 649 g/mol. The molecule has 1 saturated heterocycles. The van der Waals surface area contributed by atoms with Gasteiger partial charge in [0.05, 0.1) is 38.1 Å². The number of carbonyl (C=O) groups is 1. The Morgan fingerprint density at radius 1 is 0.667 bits per heavy atom. The van der Waals surface area contributed by atoms with Gasteiger partial charge < -0.3 is 28.4 Å². The SMILES string of the molecule is CO[C@H]1O[C@H](Cn2cc(COC(=O)c3ccccc3)nn2)[C@@H](OCc2ccccc2)[C@H](OCc2ccccc2)[C@H]1OCc1ccccc1. The number of hydrogen-bond acceptors (Lipinski definition) is 9. The molecule has 5 atom stereocenters. The van der Waals surface area contributed by atoms with Gasteiger partial charge in [-0.15, -0.1) is 5.10 Å². The molecule has 10 heteroatoms. The Hall–Kier alpha value is -4.71. The van der Waals surface area contributed by atoms with E-state index in [4.69, 9.17) is 28.4 Å². The lowest BCUT2D eigenvalue weighted by Gasteiger charge is -2.45. The fourth-order valence-electron chi connectivity index (χ4n) is 5.56. The minimum atomic E-state index is -0.758. The summed E-state index contributed by atoms with van der Waals surface area (Å²) in [6.07, 6.45) is -1.35. The largest absolute Gasteiger partial charge is 0.455 e. The Balaban J connectivity index is 1.23. The van der Waals surface area contributed by atoms with Gasteiger partial charge >= 0.3 is 5.97 Å². The highest BCUT2D eigenvalue weighted by atomic mass is 16.7. The van der Waals surface area contributed by atoms with Gasteiger partial charge in [-0.3, -0.25) is 0 Å². The van der Waals surface area contributed by atoms with Crippen LogP contribution in [0.3, 0.4) is 0 Å². The number of methoxy groups -OCH3 is 1. The van der Waals surface area contributed by atoms with E-state index in [1.807, 2.05) is 97.1 Å². The molecule has 0 radical (unpaired) electrons. The average molecular weight is 650 g/mol. The molecule has 1 aliphatic heterocycles. The summed E-state index contributed by atoms with van der Waals surface area (Å²) < 4.78 is 39.4. The summed E-state index contributed by atoms with van der Waals surface area (Å²) in [7, 11) is 1.59. The topological polar surface area (TPSA) is 103 Å². The van der Waals surface area contributed by atoms with Crippen LogP contribution in [0.5, 0.6) is 0 Å². The molecule has 1 aromatic heterocycles. The van der Waals surface area contributed by atoms with Gasteiger partial charge in [0, 0.05) is 7.11 Å². The van der Waals surface area contributed by atoms with E-state index in [9.17, 15) is 4.79 Å². The lowest BCUT2D eigenvalue weighted by molar-refractivity contribution is -0.319. The van der Waals surface area contributed by atoms with Crippen LogP contribution in [0, 0.1) is 0 Å². The first kappa shape index (κ1) is 33.2. The summed E-state index contributed by atoms with van der Waals surface area (Å²) in [5, 5.41) is 8.54. The highest BCUT2D eigenvalue weighted by molar-refractivity contribution is 5.89. The van der Waals surface area contributed by atoms with Gasteiger partial charge in [-0.05, 0) is 28.8 Å². The van der Waals surface area contributed by atoms with Crippen molar-refractivity contribution in [3.63, 3.8) is 0 Å². The van der Waals surface area contributed by atoms with Crippen LogP contribution in [0.25, 0.3) is 0 Å². The Kier molecular flexibility index (Phi) is 11.7. The standard InChI is InChI=1S/C38H39N3O7/c1-43-38-36(46-26-30-18-10-4-11-19-30)35(45-25-29-16-8-3-9-17-29)34(44-24-28-14-6-2-7-15-28)33(48-38)23-41-22-32(39-40-41)27-47-37(42)31-20-12-5-13-21-31/h2-22,33-36,38H,23-27H2,1H3/t33-,34-,35+,36-,38+/m1/s1. The number of hydrogen-bond donors (Lipinski definition) is 0. The number of aromatic nitrogens is 3. The van der Waals surface area contributed by atoms with E-state index in [-0.39, 0.29) is 13.2 Å². The first-order valence-electron chi connectivity index (χ1n) is 15.9. The Labute approximate surface area is 280 Å². The van der Waals surface area contributed by atoms with Crippen LogP contribution in [-0.4, -0.2) is 58.8 Å². The van der Waals surface area contributed by atoms with Crippen molar-refractivity contribution in [2.45, 2.75) is 63.7 Å². The minimum absolute atomic E-state index is 0.0217. The molecule has 10 nitrogen and oxygen atoms in total. The molecule has 0 aliphatic carbocycles. The molecule has 0 unspecified atom stereocenters. The highest BCUT2D eigenvalue weighted by Crippen LogP contribution is 2.31. The zero-order chi connectivity index (χ0) is 33.0. The molecular formula is C38H39N3O7. The fourth-order valence-corrected chi connectivity index (χ4v) is 5.56. The summed E-state index contributed by atoms with van der Waals surface area (Å²) >= 11 is 0. The molecule has 4 aromatic carbocycles. The first-order chi connectivity index (χ1) is 23.7. The van der Waals surface area contributed by atoms with Crippen LogP contribution in [0.2, 0.25) is 0 Å². The van der Waals surface area contributed by atoms with Gasteiger partial charge in [0.1, 0.15) is 36.7 Å². The lowest BCUT2D eigenvalue weighted by Crippen LogP contribution is -2.61. The summed E-state index contributed by atoms with van der Waals surface area (Å²) in [6, 6.07) is 38.7. The Morgan fingerprint density at radius 2 is 1.17 bits per heavy atom. The zero-order valence-electron chi connectivity index (χ0n) is 26.7. The van der Waals surface area contributed by atoms with Gasteiger partial charge in [0.25, 0.3) is 0 Å². The van der Waals surface area contributed by atoms with Crippen molar-refractivity contribution >= 4 is 5.97 Å². The molecule has 2 heterocycles. The molecule has 5 aromatic rings. The third-order valence-corrected chi connectivity index (χ3v) is 7.99. The van der Waals surface area contributed by atoms with Gasteiger partial charge in [-0.25, -0.2) is 9.48 Å². The van der Waals surface area contributed by atoms with E-state index in [0.29, 0.717) is 31.1 Å². The van der Waals surface area contributed by atoms with Crippen molar-refractivity contribution in [1.82, 2.24) is 15.0 Å². The van der Waals surface area contributed by atoms with Gasteiger partial charge in [0.15, 0.2) is 6.29 Å². The molecule has 0 spiro atoms. The van der Waals surface area contributed by atoms with Crippen molar-refractivity contribution in [1.29, 1.82) is 0 Å². The van der Waals surface area contributed by atoms with E-state index in [1.165, 1.54) is 0 Å². The lowest BCUT2D eigenvalue weighted by atomic mass is 9.97. The maximum absolute atomic E-state index is 12.5. The highest BCUT2D eigenvalue weighted by Gasteiger charge is 2.49.